The van der Waals surface area contributed by atoms with Crippen molar-refractivity contribution >= 4 is 46.4 Å². The molecule has 2 N–H and O–H groups in total. The minimum Gasteiger partial charge on any atom is -0.326 e. The molecule has 1 saturated heterocycles. The van der Waals surface area contributed by atoms with Crippen LogP contribution in [0.1, 0.15) is 54.2 Å². The minimum atomic E-state index is -0.245. The maximum atomic E-state index is 13.5. The summed E-state index contributed by atoms with van der Waals surface area (Å²) in [5, 5.41) is 6.37. The van der Waals surface area contributed by atoms with E-state index in [9.17, 15) is 14.4 Å². The van der Waals surface area contributed by atoms with E-state index in [0.717, 1.165) is 29.7 Å². The first-order valence-electron chi connectivity index (χ1n) is 13.0. The molecule has 3 amide bonds. The van der Waals surface area contributed by atoms with Crippen LogP contribution in [0.4, 0.5) is 17.1 Å². The van der Waals surface area contributed by atoms with Crippen molar-refractivity contribution in [1.82, 2.24) is 4.90 Å². The largest absolute Gasteiger partial charge is 0.326 e. The molecule has 8 heteroatoms. The van der Waals surface area contributed by atoms with Crippen LogP contribution in [0.15, 0.2) is 66.7 Å². The molecule has 3 aromatic carbocycles. The van der Waals surface area contributed by atoms with Crippen LogP contribution < -0.4 is 15.5 Å². The molecule has 1 fully saturated rings. The Hall–Kier alpha value is -3.68. The Labute approximate surface area is 227 Å². The second-order valence-corrected chi connectivity index (χ2v) is 10.1. The van der Waals surface area contributed by atoms with Crippen LogP contribution in [0.25, 0.3) is 0 Å². The van der Waals surface area contributed by atoms with Gasteiger partial charge in [-0.25, -0.2) is 0 Å². The second-order valence-electron chi connectivity index (χ2n) is 9.72. The van der Waals surface area contributed by atoms with Crippen LogP contribution in [0.5, 0.6) is 0 Å². The standard InChI is InChI=1S/C30H31ClN4O3/c1-3-19(4-2)29(37)32-20-13-14-26(24(31)17-20)35-16-15-34(18-27(35)36)28-21-9-5-6-10-22(21)30(38)33-25-12-8-7-11-23(25)28/h5-14,17,19,28H,3-4,15-16,18H2,1-2H3,(H,32,37)(H,33,38). The lowest BCUT2D eigenvalue weighted by atomic mass is 9.93. The molecule has 0 bridgehead atoms. The molecule has 0 aromatic heterocycles. The fraction of sp³-hybridized carbons (Fsp3) is 0.300. The zero-order valence-electron chi connectivity index (χ0n) is 21.5. The molecule has 0 aliphatic carbocycles. The zero-order chi connectivity index (χ0) is 26.8. The summed E-state index contributed by atoms with van der Waals surface area (Å²) in [6.45, 7) is 5.20. The van der Waals surface area contributed by atoms with Crippen LogP contribution in [0.2, 0.25) is 5.02 Å². The third kappa shape index (κ3) is 4.91. The van der Waals surface area contributed by atoms with Crippen molar-refractivity contribution in [2.75, 3.05) is 35.2 Å². The highest BCUT2D eigenvalue weighted by molar-refractivity contribution is 6.34. The van der Waals surface area contributed by atoms with E-state index in [-0.39, 0.29) is 36.2 Å². The van der Waals surface area contributed by atoms with Crippen molar-refractivity contribution in [3.8, 4) is 0 Å². The van der Waals surface area contributed by atoms with Gasteiger partial charge in [0.1, 0.15) is 0 Å². The third-order valence-corrected chi connectivity index (χ3v) is 7.78. The lowest BCUT2D eigenvalue weighted by molar-refractivity contribution is -0.122. The topological polar surface area (TPSA) is 81.8 Å². The molecule has 0 spiro atoms. The van der Waals surface area contributed by atoms with Gasteiger partial charge >= 0.3 is 0 Å². The third-order valence-electron chi connectivity index (χ3n) is 7.48. The maximum Gasteiger partial charge on any atom is 0.256 e. The number of fused-ring (bicyclic) bond motifs is 2. The average Bonchev–Trinajstić information content (AvgIpc) is 3.03. The van der Waals surface area contributed by atoms with Crippen LogP contribution in [0.3, 0.4) is 0 Å². The molecule has 1 unspecified atom stereocenters. The van der Waals surface area contributed by atoms with Gasteiger partial charge in [0.25, 0.3) is 5.91 Å². The van der Waals surface area contributed by atoms with E-state index in [0.29, 0.717) is 35.1 Å². The monoisotopic (exact) mass is 530 g/mol. The summed E-state index contributed by atoms with van der Waals surface area (Å²) >= 11 is 6.61. The number of amides is 3. The van der Waals surface area contributed by atoms with E-state index in [2.05, 4.69) is 15.5 Å². The Balaban J connectivity index is 1.38. The molecule has 38 heavy (non-hydrogen) atoms. The molecule has 2 aliphatic heterocycles. The Bertz CT molecular complexity index is 1390. The number of benzene rings is 3. The first-order valence-corrected chi connectivity index (χ1v) is 13.4. The van der Waals surface area contributed by atoms with Crippen molar-refractivity contribution in [2.24, 2.45) is 5.92 Å². The number of nitrogens with one attached hydrogen (secondary N) is 2. The van der Waals surface area contributed by atoms with Gasteiger partial charge in [-0.05, 0) is 54.3 Å². The Morgan fingerprint density at radius 1 is 1.00 bits per heavy atom. The van der Waals surface area contributed by atoms with Crippen LogP contribution >= 0.6 is 11.6 Å². The van der Waals surface area contributed by atoms with Gasteiger partial charge in [-0.15, -0.1) is 0 Å². The normalized spacial score (nSPS) is 17.5. The number of hydrogen-bond donors (Lipinski definition) is 2. The summed E-state index contributed by atoms with van der Waals surface area (Å²) in [6, 6.07) is 20.3. The number of anilines is 3. The molecule has 7 nitrogen and oxygen atoms in total. The minimum absolute atomic E-state index is 0.0274. The van der Waals surface area contributed by atoms with E-state index in [1.807, 2.05) is 62.4 Å². The quantitative estimate of drug-likeness (QED) is 0.427. The van der Waals surface area contributed by atoms with Gasteiger partial charge in [-0.3, -0.25) is 19.3 Å². The molecule has 0 radical (unpaired) electrons. The van der Waals surface area contributed by atoms with Crippen LogP contribution in [-0.4, -0.2) is 42.3 Å². The van der Waals surface area contributed by atoms with E-state index in [1.165, 1.54) is 0 Å². The number of para-hydroxylation sites is 1. The Kier molecular flexibility index (Phi) is 7.49. The summed E-state index contributed by atoms with van der Waals surface area (Å²) in [6.07, 6.45) is 1.54. The first-order chi connectivity index (χ1) is 18.4. The van der Waals surface area contributed by atoms with E-state index in [1.54, 1.807) is 23.1 Å². The number of nitrogens with zero attached hydrogens (tertiary/aromatic N) is 2. The lowest BCUT2D eigenvalue weighted by Crippen LogP contribution is -2.51. The van der Waals surface area contributed by atoms with Crippen molar-refractivity contribution in [3.05, 3.63) is 88.4 Å². The maximum absolute atomic E-state index is 13.5. The SMILES string of the molecule is CCC(CC)C(=O)Nc1ccc(N2CCN(C3c4ccccc4NC(=O)c4ccccc43)CC2=O)c(Cl)c1. The summed E-state index contributed by atoms with van der Waals surface area (Å²) in [5.74, 6) is -0.303. The summed E-state index contributed by atoms with van der Waals surface area (Å²) in [5.41, 5.74) is 4.44. The number of hydrogen-bond acceptors (Lipinski definition) is 4. The van der Waals surface area contributed by atoms with Gasteiger partial charge in [0.05, 0.1) is 23.3 Å². The van der Waals surface area contributed by atoms with E-state index in [4.69, 9.17) is 11.6 Å². The zero-order valence-corrected chi connectivity index (χ0v) is 22.3. The highest BCUT2D eigenvalue weighted by Gasteiger charge is 2.36. The fourth-order valence-electron chi connectivity index (χ4n) is 5.42. The smallest absolute Gasteiger partial charge is 0.256 e. The highest BCUT2D eigenvalue weighted by Crippen LogP contribution is 2.39. The summed E-state index contributed by atoms with van der Waals surface area (Å²) in [4.78, 5) is 42.7. The molecule has 196 valence electrons. The van der Waals surface area contributed by atoms with Gasteiger partial charge in [-0.1, -0.05) is 61.8 Å². The van der Waals surface area contributed by atoms with Gasteiger partial charge in [0.2, 0.25) is 11.8 Å². The molecule has 0 saturated carbocycles. The summed E-state index contributed by atoms with van der Waals surface area (Å²) in [7, 11) is 0. The van der Waals surface area contributed by atoms with Crippen molar-refractivity contribution in [1.29, 1.82) is 0 Å². The Morgan fingerprint density at radius 2 is 1.71 bits per heavy atom. The Morgan fingerprint density at radius 3 is 2.42 bits per heavy atom. The molecular formula is C30H31ClN4O3. The predicted molar refractivity (Wildman–Crippen MR) is 151 cm³/mol. The number of carbonyl (C=O) groups excluding carboxylic acids is 3. The molecule has 5 rings (SSSR count). The molecule has 2 aliphatic rings. The lowest BCUT2D eigenvalue weighted by Gasteiger charge is -2.39. The van der Waals surface area contributed by atoms with Gasteiger partial charge in [0, 0.05) is 35.9 Å². The van der Waals surface area contributed by atoms with Crippen LogP contribution in [0, 0.1) is 5.92 Å². The number of halogens is 1. The van der Waals surface area contributed by atoms with Gasteiger partial charge < -0.3 is 15.5 Å². The highest BCUT2D eigenvalue weighted by atomic mass is 35.5. The molecule has 2 heterocycles. The number of carbonyl (C=O) groups is 3. The van der Waals surface area contributed by atoms with E-state index >= 15 is 0 Å². The molecular weight excluding hydrogens is 500 g/mol. The van der Waals surface area contributed by atoms with Crippen molar-refractivity contribution < 1.29 is 14.4 Å². The predicted octanol–water partition coefficient (Wildman–Crippen LogP) is 5.72. The van der Waals surface area contributed by atoms with Crippen LogP contribution in [-0.2, 0) is 9.59 Å². The van der Waals surface area contributed by atoms with Gasteiger partial charge in [0.15, 0.2) is 0 Å². The number of rotatable bonds is 6. The molecule has 3 aromatic rings. The average molecular weight is 531 g/mol. The summed E-state index contributed by atoms with van der Waals surface area (Å²) < 4.78 is 0. The second kappa shape index (κ2) is 11.0. The number of piperazine rings is 1. The van der Waals surface area contributed by atoms with Crippen molar-refractivity contribution in [3.63, 3.8) is 0 Å². The first kappa shape index (κ1) is 25.9. The van der Waals surface area contributed by atoms with E-state index < -0.39 is 0 Å². The van der Waals surface area contributed by atoms with Crippen molar-refractivity contribution in [2.45, 2.75) is 32.7 Å². The van der Waals surface area contributed by atoms with Gasteiger partial charge in [-0.2, -0.15) is 0 Å². The molecule has 1 atom stereocenters. The fourth-order valence-corrected chi connectivity index (χ4v) is 5.70.